The summed E-state index contributed by atoms with van der Waals surface area (Å²) in [4.78, 5) is 2.57. The normalized spacial score (nSPS) is 30.7. The fourth-order valence-electron chi connectivity index (χ4n) is 2.20. The molecule has 0 amide bonds. The van der Waals surface area contributed by atoms with Gasteiger partial charge in [-0.25, -0.2) is 0 Å². The maximum atomic E-state index is 5.81. The molecule has 1 aliphatic rings. The molecule has 0 saturated carbocycles. The summed E-state index contributed by atoms with van der Waals surface area (Å²) in [5.74, 6) is 2.03. The van der Waals surface area contributed by atoms with E-state index in [2.05, 4.69) is 18.1 Å². The van der Waals surface area contributed by atoms with E-state index in [1.807, 2.05) is 11.8 Å². The van der Waals surface area contributed by atoms with Crippen molar-refractivity contribution >= 4 is 11.8 Å². The number of rotatable bonds is 4. The lowest BCUT2D eigenvalue weighted by Gasteiger charge is -2.39. The second-order valence-electron chi connectivity index (χ2n) is 3.95. The van der Waals surface area contributed by atoms with Crippen molar-refractivity contribution in [1.82, 2.24) is 4.90 Å². The van der Waals surface area contributed by atoms with Crippen molar-refractivity contribution < 1.29 is 0 Å². The Labute approximate surface area is 86.2 Å². The predicted octanol–water partition coefficient (Wildman–Crippen LogP) is 1.41. The summed E-state index contributed by atoms with van der Waals surface area (Å²) in [6, 6.07) is 0.640. The first-order valence-electron chi connectivity index (χ1n) is 5.22. The first-order valence-corrected chi connectivity index (χ1v) is 6.62. The van der Waals surface area contributed by atoms with E-state index in [1.165, 1.54) is 31.7 Å². The molecule has 0 spiro atoms. The second kappa shape index (κ2) is 5.89. The van der Waals surface area contributed by atoms with E-state index in [0.717, 1.165) is 12.5 Å². The van der Waals surface area contributed by atoms with Crippen molar-refractivity contribution in [3.05, 3.63) is 0 Å². The number of piperidine rings is 1. The van der Waals surface area contributed by atoms with E-state index >= 15 is 0 Å². The number of thioether (sulfide) groups is 1. The van der Waals surface area contributed by atoms with Gasteiger partial charge in [-0.15, -0.1) is 0 Å². The van der Waals surface area contributed by atoms with Crippen molar-refractivity contribution in [3.8, 4) is 0 Å². The monoisotopic (exact) mass is 202 g/mol. The molecule has 2 unspecified atom stereocenters. The molecule has 0 aromatic heterocycles. The highest BCUT2D eigenvalue weighted by Gasteiger charge is 2.26. The zero-order valence-electron chi connectivity index (χ0n) is 8.83. The molecule has 0 radical (unpaired) electrons. The van der Waals surface area contributed by atoms with E-state index in [0.29, 0.717) is 6.04 Å². The van der Waals surface area contributed by atoms with Crippen molar-refractivity contribution in [1.29, 1.82) is 0 Å². The van der Waals surface area contributed by atoms with Crippen LogP contribution in [0.5, 0.6) is 0 Å². The Bertz CT molecular complexity index is 141. The van der Waals surface area contributed by atoms with Gasteiger partial charge < -0.3 is 5.73 Å². The molecular weight excluding hydrogens is 180 g/mol. The lowest BCUT2D eigenvalue weighted by molar-refractivity contribution is 0.114. The Balaban J connectivity index is 2.39. The molecule has 1 heterocycles. The minimum atomic E-state index is 0.640. The molecule has 2 nitrogen and oxygen atoms in total. The van der Waals surface area contributed by atoms with Crippen molar-refractivity contribution in [2.24, 2.45) is 11.7 Å². The number of nitrogens with zero attached hydrogens (tertiary/aromatic N) is 1. The Morgan fingerprint density at radius 1 is 1.54 bits per heavy atom. The van der Waals surface area contributed by atoms with Gasteiger partial charge in [0.05, 0.1) is 0 Å². The molecule has 1 rings (SSSR count). The zero-order valence-corrected chi connectivity index (χ0v) is 9.65. The molecule has 1 aliphatic heterocycles. The van der Waals surface area contributed by atoms with Gasteiger partial charge in [0, 0.05) is 24.9 Å². The van der Waals surface area contributed by atoms with Crippen LogP contribution in [-0.4, -0.2) is 42.6 Å². The summed E-state index contributed by atoms with van der Waals surface area (Å²) >= 11 is 1.93. The largest absolute Gasteiger partial charge is 0.329 e. The van der Waals surface area contributed by atoms with Gasteiger partial charge in [0.2, 0.25) is 0 Å². The van der Waals surface area contributed by atoms with Crippen molar-refractivity contribution in [2.45, 2.75) is 25.8 Å². The first kappa shape index (κ1) is 11.3. The second-order valence-corrected chi connectivity index (χ2v) is 4.94. The van der Waals surface area contributed by atoms with Crippen LogP contribution in [0.25, 0.3) is 0 Å². The molecule has 2 atom stereocenters. The molecule has 13 heavy (non-hydrogen) atoms. The SMILES string of the molecule is CSCCN1CCCC(C)C1CN. The molecule has 2 N–H and O–H groups in total. The summed E-state index contributed by atoms with van der Waals surface area (Å²) < 4.78 is 0. The van der Waals surface area contributed by atoms with Crippen LogP contribution in [0.3, 0.4) is 0 Å². The molecule has 1 saturated heterocycles. The minimum Gasteiger partial charge on any atom is -0.329 e. The van der Waals surface area contributed by atoms with Crippen LogP contribution in [0.1, 0.15) is 19.8 Å². The van der Waals surface area contributed by atoms with Crippen molar-refractivity contribution in [2.75, 3.05) is 31.6 Å². The molecule has 0 aliphatic carbocycles. The lowest BCUT2D eigenvalue weighted by atomic mass is 9.91. The van der Waals surface area contributed by atoms with Gasteiger partial charge in [0.15, 0.2) is 0 Å². The van der Waals surface area contributed by atoms with E-state index in [1.54, 1.807) is 0 Å². The highest BCUT2D eigenvalue weighted by atomic mass is 32.2. The Hall–Kier alpha value is 0.270. The first-order chi connectivity index (χ1) is 6.29. The predicted molar refractivity (Wildman–Crippen MR) is 61.2 cm³/mol. The zero-order chi connectivity index (χ0) is 9.68. The topological polar surface area (TPSA) is 29.3 Å². The number of hydrogen-bond donors (Lipinski definition) is 1. The van der Waals surface area contributed by atoms with Crippen LogP contribution in [0, 0.1) is 5.92 Å². The van der Waals surface area contributed by atoms with Gasteiger partial charge in [-0.1, -0.05) is 6.92 Å². The van der Waals surface area contributed by atoms with Gasteiger partial charge in [0.1, 0.15) is 0 Å². The van der Waals surface area contributed by atoms with E-state index in [4.69, 9.17) is 5.73 Å². The molecular formula is C10H22N2S. The highest BCUT2D eigenvalue weighted by Crippen LogP contribution is 2.22. The summed E-state index contributed by atoms with van der Waals surface area (Å²) in [7, 11) is 0. The third-order valence-electron chi connectivity index (χ3n) is 3.05. The summed E-state index contributed by atoms with van der Waals surface area (Å²) in [5.41, 5.74) is 5.81. The van der Waals surface area contributed by atoms with E-state index in [9.17, 15) is 0 Å². The van der Waals surface area contributed by atoms with Gasteiger partial charge in [0.25, 0.3) is 0 Å². The Morgan fingerprint density at radius 3 is 2.92 bits per heavy atom. The summed E-state index contributed by atoms with van der Waals surface area (Å²) in [5, 5.41) is 0. The maximum Gasteiger partial charge on any atom is 0.0244 e. The molecule has 0 aromatic rings. The van der Waals surface area contributed by atoms with E-state index < -0.39 is 0 Å². The lowest BCUT2D eigenvalue weighted by Crippen LogP contribution is -2.49. The molecule has 3 heteroatoms. The third-order valence-corrected chi connectivity index (χ3v) is 3.65. The summed E-state index contributed by atoms with van der Waals surface area (Å²) in [6.07, 6.45) is 4.88. The molecule has 1 fully saturated rings. The number of nitrogens with two attached hydrogens (primary N) is 1. The minimum absolute atomic E-state index is 0.640. The maximum absolute atomic E-state index is 5.81. The van der Waals surface area contributed by atoms with Gasteiger partial charge in [-0.2, -0.15) is 11.8 Å². The highest BCUT2D eigenvalue weighted by molar-refractivity contribution is 7.98. The quantitative estimate of drug-likeness (QED) is 0.747. The third kappa shape index (κ3) is 3.15. The molecule has 0 aromatic carbocycles. The summed E-state index contributed by atoms with van der Waals surface area (Å²) in [6.45, 7) is 5.64. The van der Waals surface area contributed by atoms with Crippen LogP contribution in [0.2, 0.25) is 0 Å². The average molecular weight is 202 g/mol. The fraction of sp³-hybridized carbons (Fsp3) is 1.00. The molecule has 78 valence electrons. The van der Waals surface area contributed by atoms with Gasteiger partial charge >= 0.3 is 0 Å². The van der Waals surface area contributed by atoms with Crippen LogP contribution in [-0.2, 0) is 0 Å². The number of likely N-dealkylation sites (tertiary alicyclic amines) is 1. The Morgan fingerprint density at radius 2 is 2.31 bits per heavy atom. The smallest absolute Gasteiger partial charge is 0.0244 e. The molecule has 0 bridgehead atoms. The van der Waals surface area contributed by atoms with Crippen LogP contribution < -0.4 is 5.73 Å². The standard InChI is InChI=1S/C10H22N2S/c1-9-4-3-5-12(6-7-13-2)10(9)8-11/h9-10H,3-8,11H2,1-2H3. The Kier molecular flexibility index (Phi) is 5.14. The van der Waals surface area contributed by atoms with Crippen LogP contribution in [0.15, 0.2) is 0 Å². The van der Waals surface area contributed by atoms with E-state index in [-0.39, 0.29) is 0 Å². The fourth-order valence-corrected chi connectivity index (χ4v) is 2.62. The number of hydrogen-bond acceptors (Lipinski definition) is 3. The van der Waals surface area contributed by atoms with Gasteiger partial charge in [-0.3, -0.25) is 4.90 Å². The van der Waals surface area contributed by atoms with Crippen molar-refractivity contribution in [3.63, 3.8) is 0 Å². The van der Waals surface area contributed by atoms with Gasteiger partial charge in [-0.05, 0) is 31.6 Å². The van der Waals surface area contributed by atoms with Crippen LogP contribution >= 0.6 is 11.8 Å². The average Bonchev–Trinajstić information content (AvgIpc) is 2.15. The van der Waals surface area contributed by atoms with Crippen LogP contribution in [0.4, 0.5) is 0 Å².